The van der Waals surface area contributed by atoms with Crippen LogP contribution in [0.1, 0.15) is 92.2 Å². The van der Waals surface area contributed by atoms with Crippen LogP contribution in [0.25, 0.3) is 11.2 Å². The summed E-state index contributed by atoms with van der Waals surface area (Å²) in [5.41, 5.74) is 1.55. The Balaban J connectivity index is 1.43. The summed E-state index contributed by atoms with van der Waals surface area (Å²) in [4.78, 5) is 13.8. The minimum absolute atomic E-state index is 0.143. The quantitative estimate of drug-likeness (QED) is 0.231. The Kier molecular flexibility index (Phi) is 9.02. The molecule has 3 aliphatic rings. The van der Waals surface area contributed by atoms with Crippen molar-refractivity contribution in [2.75, 3.05) is 5.32 Å². The average molecular weight is 632 g/mol. The van der Waals surface area contributed by atoms with Crippen LogP contribution in [0.5, 0.6) is 0 Å². The number of nitrogens with one attached hydrogen (secondary N) is 1. The van der Waals surface area contributed by atoms with Gasteiger partial charge in [-0.15, -0.1) is 0 Å². The van der Waals surface area contributed by atoms with Gasteiger partial charge in [-0.3, -0.25) is 0 Å². The summed E-state index contributed by atoms with van der Waals surface area (Å²) < 4.78 is 28.7. The fourth-order valence-electron chi connectivity index (χ4n) is 6.06. The molecule has 9 heteroatoms. The average Bonchev–Trinajstić information content (AvgIpc) is 3.39. The number of unbranched alkanes of at least 4 members (excludes halogenated alkanes) is 3. The third-order valence-electron chi connectivity index (χ3n) is 8.34. The Morgan fingerprint density at radius 2 is 1.63 bits per heavy atom. The number of hydrogen-bond donors (Lipinski definition) is 1. The van der Waals surface area contributed by atoms with E-state index in [4.69, 9.17) is 19.2 Å². The van der Waals surface area contributed by atoms with Crippen LogP contribution in [0.15, 0.2) is 22.8 Å². The number of imidazole rings is 1. The van der Waals surface area contributed by atoms with Crippen LogP contribution in [0.3, 0.4) is 0 Å². The van der Waals surface area contributed by atoms with Gasteiger partial charge in [-0.2, -0.15) is 0 Å². The fourth-order valence-corrected chi connectivity index (χ4v) is 20.4. The Labute approximate surface area is 232 Å². The molecule has 210 valence electrons. The summed E-state index contributed by atoms with van der Waals surface area (Å²) in [6.45, 7) is 11.0. The molecule has 8 nitrogen and oxygen atoms in total. The minimum atomic E-state index is -2.47. The van der Waals surface area contributed by atoms with E-state index in [0.717, 1.165) is 17.0 Å². The molecule has 5 rings (SSSR count). The topological polar surface area (TPSA) is 83.3 Å². The molecule has 0 bridgehead atoms. The van der Waals surface area contributed by atoms with E-state index in [0.29, 0.717) is 6.04 Å². The second kappa shape index (κ2) is 12.1. The SMILES string of the molecule is CCC[CH2][Sn](/[CH]=C/[C@H]1O[C@@H](n2cnc3c(NC4CC4)ncnc32)[C@@H]2OC(C)(C)O[C@@H]21)([CH2]CCC)[CH2]CCC. The zero-order chi connectivity index (χ0) is 26.8. The Hall–Kier alpha value is -1.23. The van der Waals surface area contributed by atoms with Crippen molar-refractivity contribution in [3.8, 4) is 0 Å². The molecular formula is C29H47N5O3Sn. The summed E-state index contributed by atoms with van der Waals surface area (Å²) in [6.07, 6.45) is 15.2. The maximum atomic E-state index is 6.76. The van der Waals surface area contributed by atoms with E-state index >= 15 is 0 Å². The number of anilines is 1. The summed E-state index contributed by atoms with van der Waals surface area (Å²) in [5.74, 6) is 0.147. The van der Waals surface area contributed by atoms with Crippen LogP contribution in [0, 0.1) is 0 Å². The normalized spacial score (nSPS) is 27.0. The molecule has 1 N–H and O–H groups in total. The molecule has 2 saturated heterocycles. The van der Waals surface area contributed by atoms with Gasteiger partial charge in [0.1, 0.15) is 0 Å². The molecule has 0 spiro atoms. The summed E-state index contributed by atoms with van der Waals surface area (Å²) in [5, 5.41) is 3.49. The van der Waals surface area contributed by atoms with Gasteiger partial charge in [-0.05, 0) is 0 Å². The number of rotatable bonds is 14. The first kappa shape index (κ1) is 28.3. The zero-order valence-corrected chi connectivity index (χ0v) is 26.8. The number of ether oxygens (including phenoxy) is 3. The monoisotopic (exact) mass is 633 g/mol. The molecule has 3 fully saturated rings. The van der Waals surface area contributed by atoms with Crippen LogP contribution in [-0.2, 0) is 14.2 Å². The van der Waals surface area contributed by atoms with E-state index in [9.17, 15) is 0 Å². The van der Waals surface area contributed by atoms with Crippen molar-refractivity contribution in [2.45, 2.75) is 136 Å². The van der Waals surface area contributed by atoms with Gasteiger partial charge in [0, 0.05) is 0 Å². The second-order valence-electron chi connectivity index (χ2n) is 12.1. The molecule has 1 saturated carbocycles. The van der Waals surface area contributed by atoms with Crippen LogP contribution >= 0.6 is 0 Å². The first-order chi connectivity index (χ1) is 18.4. The standard InChI is InChI=1S/C17H20N5O3.3C4H9.Sn/c1-4-10-12-13(25-17(2,3)24-12)16(23-10)22-8-20-11-14(21-9-5-6-9)18-7-19-15(11)22;3*1-3-4-2;/h1,4,7-10,12-13,16H,5-6H2,2-3H3,(H,18,19,21);3*1,3-4H2,2H3;/t10-,12-,13-,16-;;;;/m1..../s1. The molecule has 0 amide bonds. The number of hydrogen-bond acceptors (Lipinski definition) is 7. The van der Waals surface area contributed by atoms with E-state index in [-0.39, 0.29) is 24.5 Å². The zero-order valence-electron chi connectivity index (χ0n) is 24.0. The molecule has 4 atom stereocenters. The van der Waals surface area contributed by atoms with Gasteiger partial charge >= 0.3 is 233 Å². The fraction of sp³-hybridized carbons (Fsp3) is 0.759. The van der Waals surface area contributed by atoms with Gasteiger partial charge in [0.15, 0.2) is 0 Å². The van der Waals surface area contributed by atoms with Crippen LogP contribution in [-0.4, -0.2) is 68.0 Å². The second-order valence-corrected chi connectivity index (χ2v) is 25.1. The van der Waals surface area contributed by atoms with Crippen LogP contribution < -0.4 is 5.32 Å². The number of fused-ring (bicyclic) bond motifs is 2. The van der Waals surface area contributed by atoms with Gasteiger partial charge in [-0.25, -0.2) is 0 Å². The van der Waals surface area contributed by atoms with Crippen molar-refractivity contribution in [1.29, 1.82) is 0 Å². The Morgan fingerprint density at radius 3 is 2.26 bits per heavy atom. The maximum absolute atomic E-state index is 6.76. The molecule has 2 aromatic heterocycles. The number of aromatic nitrogens is 4. The first-order valence-corrected chi connectivity index (χ1v) is 22.7. The van der Waals surface area contributed by atoms with Crippen molar-refractivity contribution in [3.63, 3.8) is 0 Å². The molecule has 2 aliphatic heterocycles. The summed E-state index contributed by atoms with van der Waals surface area (Å²) >= 11 is -2.47. The van der Waals surface area contributed by atoms with Gasteiger partial charge in [0.05, 0.1) is 0 Å². The van der Waals surface area contributed by atoms with Gasteiger partial charge in [0.2, 0.25) is 0 Å². The van der Waals surface area contributed by atoms with E-state index in [1.54, 1.807) is 6.33 Å². The molecule has 38 heavy (non-hydrogen) atoms. The molecule has 2 aromatic rings. The van der Waals surface area contributed by atoms with Gasteiger partial charge in [-0.1, -0.05) is 0 Å². The Morgan fingerprint density at radius 1 is 0.974 bits per heavy atom. The molecule has 0 aromatic carbocycles. The van der Waals surface area contributed by atoms with E-state index in [1.807, 2.05) is 24.7 Å². The third-order valence-corrected chi connectivity index (χ3v) is 22.5. The van der Waals surface area contributed by atoms with Crippen molar-refractivity contribution in [3.05, 3.63) is 22.8 Å². The van der Waals surface area contributed by atoms with Gasteiger partial charge < -0.3 is 0 Å². The van der Waals surface area contributed by atoms with E-state index in [1.165, 1.54) is 64.7 Å². The van der Waals surface area contributed by atoms with Gasteiger partial charge in [0.25, 0.3) is 0 Å². The summed E-state index contributed by atoms with van der Waals surface area (Å²) in [6, 6.07) is 0.493. The molecule has 4 heterocycles. The van der Waals surface area contributed by atoms with E-state index in [2.05, 4.69) is 46.2 Å². The summed E-state index contributed by atoms with van der Waals surface area (Å²) in [7, 11) is 0. The van der Waals surface area contributed by atoms with Crippen LogP contribution in [0.2, 0.25) is 13.3 Å². The van der Waals surface area contributed by atoms with Crippen molar-refractivity contribution in [2.24, 2.45) is 0 Å². The molecule has 0 unspecified atom stereocenters. The van der Waals surface area contributed by atoms with Crippen molar-refractivity contribution in [1.82, 2.24) is 19.5 Å². The third kappa shape index (κ3) is 6.23. The predicted octanol–water partition coefficient (Wildman–Crippen LogP) is 6.76. The van der Waals surface area contributed by atoms with Crippen molar-refractivity contribution < 1.29 is 14.2 Å². The van der Waals surface area contributed by atoms with E-state index < -0.39 is 24.2 Å². The predicted molar refractivity (Wildman–Crippen MR) is 154 cm³/mol. The molecule has 0 radical (unpaired) electrons. The molecule has 1 aliphatic carbocycles. The first-order valence-electron chi connectivity index (χ1n) is 15.0. The van der Waals surface area contributed by atoms with Crippen LogP contribution in [0.4, 0.5) is 5.82 Å². The molecular weight excluding hydrogens is 585 g/mol. The number of nitrogens with zero attached hydrogens (tertiary/aromatic N) is 4. The van der Waals surface area contributed by atoms with Crippen molar-refractivity contribution >= 4 is 35.4 Å². The Bertz CT molecular complexity index is 1080.